The highest BCUT2D eigenvalue weighted by Gasteiger charge is 2.06. The van der Waals surface area contributed by atoms with Crippen molar-refractivity contribution in [3.8, 4) is 0 Å². The van der Waals surface area contributed by atoms with Gasteiger partial charge in [0.05, 0.1) is 18.6 Å². The second-order valence-electron chi connectivity index (χ2n) is 3.30. The van der Waals surface area contributed by atoms with Crippen LogP contribution in [0.4, 0.5) is 5.82 Å². The van der Waals surface area contributed by atoms with E-state index in [1.165, 1.54) is 0 Å². The average molecular weight is 206 g/mol. The summed E-state index contributed by atoms with van der Waals surface area (Å²) >= 11 is 0. The van der Waals surface area contributed by atoms with Crippen molar-refractivity contribution in [3.05, 3.63) is 24.4 Å². The van der Waals surface area contributed by atoms with Crippen LogP contribution in [0.3, 0.4) is 0 Å². The largest absolute Gasteiger partial charge is 0.381 e. The Balaban J connectivity index is 2.05. The minimum atomic E-state index is 0.531. The predicted molar refractivity (Wildman–Crippen MR) is 56.0 cm³/mol. The van der Waals surface area contributed by atoms with Crippen LogP contribution in [0, 0.1) is 0 Å². The molecule has 2 rings (SSSR count). The van der Waals surface area contributed by atoms with Crippen LogP contribution in [0.25, 0.3) is 0 Å². The minimum absolute atomic E-state index is 0.531. The first-order valence-corrected chi connectivity index (χ1v) is 4.95. The molecule has 0 fully saturated rings. The van der Waals surface area contributed by atoms with Crippen LogP contribution in [-0.2, 0) is 19.5 Å². The van der Waals surface area contributed by atoms with E-state index in [1.54, 1.807) is 12.5 Å². The number of nitrogens with two attached hydrogens (primary N) is 1. The zero-order valence-electron chi connectivity index (χ0n) is 8.67. The molecule has 2 N–H and O–H groups in total. The third kappa shape index (κ3) is 1.98. The van der Waals surface area contributed by atoms with E-state index < -0.39 is 0 Å². The molecule has 0 aliphatic rings. The van der Waals surface area contributed by atoms with E-state index in [1.807, 2.05) is 22.4 Å². The Kier molecular flexibility index (Phi) is 2.66. The Labute approximate surface area is 87.7 Å². The van der Waals surface area contributed by atoms with Gasteiger partial charge in [0.25, 0.3) is 0 Å². The molecule has 0 saturated carbocycles. The molecule has 80 valence electrons. The Morgan fingerprint density at radius 2 is 2.27 bits per heavy atom. The molecule has 2 aromatic rings. The number of rotatable bonds is 4. The van der Waals surface area contributed by atoms with E-state index >= 15 is 0 Å². The second kappa shape index (κ2) is 4.12. The number of hydrogen-bond donors (Lipinski definition) is 1. The van der Waals surface area contributed by atoms with Gasteiger partial charge in [0.2, 0.25) is 0 Å². The molecule has 0 aromatic carbocycles. The zero-order chi connectivity index (χ0) is 10.7. The van der Waals surface area contributed by atoms with Crippen molar-refractivity contribution in [3.63, 3.8) is 0 Å². The summed E-state index contributed by atoms with van der Waals surface area (Å²) in [6, 6.07) is 0. The van der Waals surface area contributed by atoms with Gasteiger partial charge < -0.3 is 10.3 Å². The molecule has 0 bridgehead atoms. The molecule has 15 heavy (non-hydrogen) atoms. The van der Waals surface area contributed by atoms with Gasteiger partial charge in [0.15, 0.2) is 5.82 Å². The van der Waals surface area contributed by atoms with Crippen LogP contribution in [0.5, 0.6) is 0 Å². The molecule has 6 heteroatoms. The van der Waals surface area contributed by atoms with Gasteiger partial charge in [0, 0.05) is 18.9 Å². The molecule has 0 aliphatic heterocycles. The zero-order valence-corrected chi connectivity index (χ0v) is 8.67. The molecule has 0 atom stereocenters. The SMILES string of the molecule is CCc1c(N)nnn1CCn1ccnc1. The third-order valence-electron chi connectivity index (χ3n) is 2.33. The first-order valence-electron chi connectivity index (χ1n) is 4.95. The van der Waals surface area contributed by atoms with E-state index in [2.05, 4.69) is 15.3 Å². The van der Waals surface area contributed by atoms with Gasteiger partial charge in [-0.3, -0.25) is 0 Å². The van der Waals surface area contributed by atoms with Gasteiger partial charge in [-0.05, 0) is 6.42 Å². The highest BCUT2D eigenvalue weighted by molar-refractivity contribution is 5.32. The summed E-state index contributed by atoms with van der Waals surface area (Å²) in [5, 5.41) is 7.85. The van der Waals surface area contributed by atoms with Crippen molar-refractivity contribution in [1.82, 2.24) is 24.5 Å². The normalized spacial score (nSPS) is 10.7. The van der Waals surface area contributed by atoms with E-state index in [9.17, 15) is 0 Å². The minimum Gasteiger partial charge on any atom is -0.381 e. The van der Waals surface area contributed by atoms with Crippen LogP contribution < -0.4 is 5.73 Å². The highest BCUT2D eigenvalue weighted by atomic mass is 15.4. The third-order valence-corrected chi connectivity index (χ3v) is 2.33. The van der Waals surface area contributed by atoms with Gasteiger partial charge in [0.1, 0.15) is 0 Å². The van der Waals surface area contributed by atoms with Gasteiger partial charge in [-0.15, -0.1) is 5.10 Å². The summed E-state index contributed by atoms with van der Waals surface area (Å²) in [5.41, 5.74) is 6.68. The number of aromatic nitrogens is 5. The van der Waals surface area contributed by atoms with Crippen LogP contribution in [-0.4, -0.2) is 24.5 Å². The number of nitrogen functional groups attached to an aromatic ring is 1. The maximum atomic E-state index is 5.69. The van der Waals surface area contributed by atoms with Crippen molar-refractivity contribution in [2.24, 2.45) is 0 Å². The monoisotopic (exact) mass is 206 g/mol. The van der Waals surface area contributed by atoms with E-state index in [0.717, 1.165) is 25.2 Å². The first-order chi connectivity index (χ1) is 7.31. The maximum Gasteiger partial charge on any atom is 0.169 e. The van der Waals surface area contributed by atoms with Crippen LogP contribution in [0.2, 0.25) is 0 Å². The number of aryl methyl sites for hydroxylation is 2. The van der Waals surface area contributed by atoms with Crippen molar-refractivity contribution < 1.29 is 0 Å². The molecule has 0 saturated heterocycles. The van der Waals surface area contributed by atoms with Crippen LogP contribution in [0.15, 0.2) is 18.7 Å². The summed E-state index contributed by atoms with van der Waals surface area (Å²) < 4.78 is 3.84. The highest BCUT2D eigenvalue weighted by Crippen LogP contribution is 2.07. The second-order valence-corrected chi connectivity index (χ2v) is 3.30. The van der Waals surface area contributed by atoms with E-state index in [-0.39, 0.29) is 0 Å². The van der Waals surface area contributed by atoms with Gasteiger partial charge in [-0.25, -0.2) is 9.67 Å². The Morgan fingerprint density at radius 1 is 1.40 bits per heavy atom. The lowest BCUT2D eigenvalue weighted by Crippen LogP contribution is -2.10. The molecule has 2 aromatic heterocycles. The summed E-state index contributed by atoms with van der Waals surface area (Å²) in [6.45, 7) is 3.64. The molecule has 0 radical (unpaired) electrons. The summed E-state index contributed by atoms with van der Waals surface area (Å²) in [4.78, 5) is 3.98. The smallest absolute Gasteiger partial charge is 0.169 e. The number of nitrogens with zero attached hydrogens (tertiary/aromatic N) is 5. The molecule has 0 aliphatic carbocycles. The number of hydrogen-bond acceptors (Lipinski definition) is 4. The fourth-order valence-electron chi connectivity index (χ4n) is 1.52. The van der Waals surface area contributed by atoms with Crippen LogP contribution >= 0.6 is 0 Å². The Hall–Kier alpha value is -1.85. The predicted octanol–water partition coefficient (Wildman–Crippen LogP) is 0.319. The topological polar surface area (TPSA) is 74.5 Å². The molecule has 2 heterocycles. The first kappa shape index (κ1) is 9.70. The standard InChI is InChI=1S/C9H14N6/c1-2-8-9(10)12-13-15(8)6-5-14-4-3-11-7-14/h3-4,7H,2,5-6,10H2,1H3. The fraction of sp³-hybridized carbons (Fsp3) is 0.444. The Bertz CT molecular complexity index is 416. The molecule has 0 amide bonds. The van der Waals surface area contributed by atoms with Gasteiger partial charge in [-0.1, -0.05) is 12.1 Å². The molecular formula is C9H14N6. The van der Waals surface area contributed by atoms with Crippen LogP contribution in [0.1, 0.15) is 12.6 Å². The van der Waals surface area contributed by atoms with Crippen molar-refractivity contribution >= 4 is 5.82 Å². The van der Waals surface area contributed by atoms with Gasteiger partial charge >= 0.3 is 0 Å². The quantitative estimate of drug-likeness (QED) is 0.781. The van der Waals surface area contributed by atoms with Crippen molar-refractivity contribution in [2.75, 3.05) is 5.73 Å². The molecular weight excluding hydrogens is 192 g/mol. The maximum absolute atomic E-state index is 5.69. The average Bonchev–Trinajstić information content (AvgIpc) is 2.84. The molecule has 0 unspecified atom stereocenters. The lowest BCUT2D eigenvalue weighted by molar-refractivity contribution is 0.505. The number of anilines is 1. The molecule has 0 spiro atoms. The van der Waals surface area contributed by atoms with Crippen molar-refractivity contribution in [2.45, 2.75) is 26.4 Å². The van der Waals surface area contributed by atoms with E-state index in [0.29, 0.717) is 5.82 Å². The summed E-state index contributed by atoms with van der Waals surface area (Å²) in [6.07, 6.45) is 6.32. The number of imidazole rings is 1. The lowest BCUT2D eigenvalue weighted by atomic mass is 10.3. The summed E-state index contributed by atoms with van der Waals surface area (Å²) in [5.74, 6) is 0.531. The van der Waals surface area contributed by atoms with E-state index in [4.69, 9.17) is 5.73 Å². The van der Waals surface area contributed by atoms with Gasteiger partial charge in [-0.2, -0.15) is 0 Å². The molecule has 6 nitrogen and oxygen atoms in total. The fourth-order valence-corrected chi connectivity index (χ4v) is 1.52. The van der Waals surface area contributed by atoms with Crippen molar-refractivity contribution in [1.29, 1.82) is 0 Å². The Morgan fingerprint density at radius 3 is 2.93 bits per heavy atom. The summed E-state index contributed by atoms with van der Waals surface area (Å²) in [7, 11) is 0. The lowest BCUT2D eigenvalue weighted by Gasteiger charge is -2.05.